The summed E-state index contributed by atoms with van der Waals surface area (Å²) in [6.45, 7) is 1.04. The van der Waals surface area contributed by atoms with Crippen LogP contribution in [0.15, 0.2) is 54.7 Å². The number of aromatic nitrogens is 1. The Morgan fingerprint density at radius 2 is 1.84 bits per heavy atom. The first-order valence-corrected chi connectivity index (χ1v) is 7.96. The van der Waals surface area contributed by atoms with Crippen molar-refractivity contribution in [3.63, 3.8) is 0 Å². The van der Waals surface area contributed by atoms with Crippen LogP contribution >= 0.6 is 0 Å². The van der Waals surface area contributed by atoms with E-state index in [1.165, 1.54) is 12.3 Å². The molecule has 1 amide bonds. The molecule has 2 N–H and O–H groups in total. The molecule has 128 valence electrons. The standard InChI is InChI=1S/C19H17F2N3O/c20-14-11-15-17(7-10-23-18(15)16(21)12-14)22-8-4-9-24-19(25)13-5-2-1-3-6-13/h1-3,5-7,10-12H,4,8-9H2,(H,22,23)(H,24,25). The average molecular weight is 341 g/mol. The predicted molar refractivity (Wildman–Crippen MR) is 93.5 cm³/mol. The average Bonchev–Trinajstić information content (AvgIpc) is 2.62. The number of hydrogen-bond donors (Lipinski definition) is 2. The van der Waals surface area contributed by atoms with Gasteiger partial charge in [0.1, 0.15) is 11.3 Å². The van der Waals surface area contributed by atoms with Crippen LogP contribution in [0.5, 0.6) is 0 Å². The minimum Gasteiger partial charge on any atom is -0.384 e. The summed E-state index contributed by atoms with van der Waals surface area (Å²) in [6, 6.07) is 12.7. The molecule has 0 atom stereocenters. The number of nitrogens with one attached hydrogen (secondary N) is 2. The molecule has 1 heterocycles. The third-order valence-electron chi connectivity index (χ3n) is 3.75. The van der Waals surface area contributed by atoms with E-state index < -0.39 is 11.6 Å². The number of pyridine rings is 1. The number of rotatable bonds is 6. The van der Waals surface area contributed by atoms with Crippen molar-refractivity contribution < 1.29 is 13.6 Å². The van der Waals surface area contributed by atoms with Gasteiger partial charge in [0.15, 0.2) is 5.82 Å². The number of hydrogen-bond acceptors (Lipinski definition) is 3. The summed E-state index contributed by atoms with van der Waals surface area (Å²) in [5, 5.41) is 6.36. The first kappa shape index (κ1) is 16.8. The lowest BCUT2D eigenvalue weighted by Crippen LogP contribution is -2.25. The smallest absolute Gasteiger partial charge is 0.251 e. The number of anilines is 1. The maximum absolute atomic E-state index is 13.7. The number of fused-ring (bicyclic) bond motifs is 1. The number of carbonyl (C=O) groups is 1. The van der Waals surface area contributed by atoms with Crippen molar-refractivity contribution in [1.29, 1.82) is 0 Å². The Morgan fingerprint density at radius 1 is 1.04 bits per heavy atom. The lowest BCUT2D eigenvalue weighted by molar-refractivity contribution is 0.0953. The molecular weight excluding hydrogens is 324 g/mol. The fourth-order valence-corrected chi connectivity index (χ4v) is 2.54. The van der Waals surface area contributed by atoms with Gasteiger partial charge in [0.2, 0.25) is 0 Å². The zero-order chi connectivity index (χ0) is 17.6. The molecule has 0 aliphatic carbocycles. The Bertz CT molecular complexity index is 884. The molecule has 4 nitrogen and oxygen atoms in total. The topological polar surface area (TPSA) is 54.0 Å². The molecule has 0 aliphatic heterocycles. The summed E-state index contributed by atoms with van der Waals surface area (Å²) < 4.78 is 27.2. The van der Waals surface area contributed by atoms with E-state index in [2.05, 4.69) is 15.6 Å². The Hall–Kier alpha value is -3.02. The predicted octanol–water partition coefficient (Wildman–Crippen LogP) is 3.75. The van der Waals surface area contributed by atoms with Gasteiger partial charge in [0.25, 0.3) is 5.91 Å². The normalized spacial score (nSPS) is 10.6. The Morgan fingerprint density at radius 3 is 2.64 bits per heavy atom. The number of carbonyl (C=O) groups excluding carboxylic acids is 1. The van der Waals surface area contributed by atoms with Gasteiger partial charge in [-0.05, 0) is 30.7 Å². The molecule has 0 bridgehead atoms. The van der Waals surface area contributed by atoms with Gasteiger partial charge < -0.3 is 10.6 Å². The van der Waals surface area contributed by atoms with Crippen LogP contribution < -0.4 is 10.6 Å². The van der Waals surface area contributed by atoms with Crippen LogP contribution in [0.1, 0.15) is 16.8 Å². The van der Waals surface area contributed by atoms with Crippen molar-refractivity contribution in [2.75, 3.05) is 18.4 Å². The fraction of sp³-hybridized carbons (Fsp3) is 0.158. The van der Waals surface area contributed by atoms with Crippen LogP contribution in [0.25, 0.3) is 10.9 Å². The zero-order valence-electron chi connectivity index (χ0n) is 13.4. The molecule has 0 aliphatic rings. The summed E-state index contributed by atoms with van der Waals surface area (Å²) in [6.07, 6.45) is 2.14. The van der Waals surface area contributed by atoms with Gasteiger partial charge in [0, 0.05) is 42.0 Å². The second-order valence-corrected chi connectivity index (χ2v) is 5.54. The molecule has 0 unspecified atom stereocenters. The van der Waals surface area contributed by atoms with Crippen molar-refractivity contribution in [3.8, 4) is 0 Å². The maximum Gasteiger partial charge on any atom is 0.251 e. The van der Waals surface area contributed by atoms with Crippen molar-refractivity contribution in [2.24, 2.45) is 0 Å². The second-order valence-electron chi connectivity index (χ2n) is 5.54. The Labute approximate surface area is 143 Å². The van der Waals surface area contributed by atoms with Crippen LogP contribution in [-0.2, 0) is 0 Å². The molecule has 0 saturated heterocycles. The molecule has 3 aromatic rings. The largest absolute Gasteiger partial charge is 0.384 e. The Balaban J connectivity index is 1.54. The quantitative estimate of drug-likeness (QED) is 0.672. The first-order valence-electron chi connectivity index (χ1n) is 7.96. The van der Waals surface area contributed by atoms with Gasteiger partial charge in [0.05, 0.1) is 0 Å². The van der Waals surface area contributed by atoms with Crippen molar-refractivity contribution in [1.82, 2.24) is 10.3 Å². The van der Waals surface area contributed by atoms with E-state index in [4.69, 9.17) is 0 Å². The van der Waals surface area contributed by atoms with E-state index in [9.17, 15) is 13.6 Å². The van der Waals surface area contributed by atoms with Crippen LogP contribution in [-0.4, -0.2) is 24.0 Å². The van der Waals surface area contributed by atoms with Crippen molar-refractivity contribution >= 4 is 22.5 Å². The molecule has 2 aromatic carbocycles. The highest BCUT2D eigenvalue weighted by atomic mass is 19.1. The second kappa shape index (κ2) is 7.70. The van der Waals surface area contributed by atoms with Crippen molar-refractivity contribution in [2.45, 2.75) is 6.42 Å². The third-order valence-corrected chi connectivity index (χ3v) is 3.75. The van der Waals surface area contributed by atoms with Gasteiger partial charge in [-0.2, -0.15) is 0 Å². The number of nitrogens with zero attached hydrogens (tertiary/aromatic N) is 1. The van der Waals surface area contributed by atoms with Crippen LogP contribution in [0, 0.1) is 11.6 Å². The summed E-state index contributed by atoms with van der Waals surface area (Å²) >= 11 is 0. The zero-order valence-corrected chi connectivity index (χ0v) is 13.4. The summed E-state index contributed by atoms with van der Waals surface area (Å²) in [4.78, 5) is 15.8. The highest BCUT2D eigenvalue weighted by molar-refractivity contribution is 5.94. The van der Waals surface area contributed by atoms with Crippen LogP contribution in [0.4, 0.5) is 14.5 Å². The molecule has 6 heteroatoms. The minimum absolute atomic E-state index is 0.126. The third kappa shape index (κ3) is 4.09. The van der Waals surface area contributed by atoms with Gasteiger partial charge in [-0.15, -0.1) is 0 Å². The number of benzene rings is 2. The molecule has 25 heavy (non-hydrogen) atoms. The molecule has 0 spiro atoms. The molecule has 1 aromatic heterocycles. The summed E-state index contributed by atoms with van der Waals surface area (Å²) in [7, 11) is 0. The molecule has 0 radical (unpaired) electrons. The van der Waals surface area contributed by atoms with E-state index in [0.717, 1.165) is 6.07 Å². The number of amides is 1. The molecular formula is C19H17F2N3O. The number of halogens is 2. The van der Waals surface area contributed by atoms with E-state index in [1.54, 1.807) is 18.2 Å². The summed E-state index contributed by atoms with van der Waals surface area (Å²) in [5.74, 6) is -1.45. The van der Waals surface area contributed by atoms with E-state index in [0.29, 0.717) is 36.1 Å². The minimum atomic E-state index is -0.686. The Kier molecular flexibility index (Phi) is 5.18. The maximum atomic E-state index is 13.7. The van der Waals surface area contributed by atoms with E-state index in [-0.39, 0.29) is 11.4 Å². The van der Waals surface area contributed by atoms with Gasteiger partial charge in [-0.3, -0.25) is 9.78 Å². The van der Waals surface area contributed by atoms with Crippen molar-refractivity contribution in [3.05, 3.63) is 71.9 Å². The van der Waals surface area contributed by atoms with Crippen LogP contribution in [0.2, 0.25) is 0 Å². The van der Waals surface area contributed by atoms with E-state index in [1.807, 2.05) is 18.2 Å². The van der Waals surface area contributed by atoms with Gasteiger partial charge in [-0.25, -0.2) is 8.78 Å². The fourth-order valence-electron chi connectivity index (χ4n) is 2.54. The summed E-state index contributed by atoms with van der Waals surface area (Å²) in [5.41, 5.74) is 1.35. The monoisotopic (exact) mass is 341 g/mol. The molecule has 3 rings (SSSR count). The molecule has 0 fully saturated rings. The SMILES string of the molecule is O=C(NCCCNc1ccnc2c(F)cc(F)cc12)c1ccccc1. The highest BCUT2D eigenvalue weighted by Crippen LogP contribution is 2.24. The lowest BCUT2D eigenvalue weighted by atomic mass is 10.1. The van der Waals surface area contributed by atoms with Gasteiger partial charge >= 0.3 is 0 Å². The van der Waals surface area contributed by atoms with E-state index >= 15 is 0 Å². The highest BCUT2D eigenvalue weighted by Gasteiger charge is 2.09. The lowest BCUT2D eigenvalue weighted by Gasteiger charge is -2.10. The van der Waals surface area contributed by atoms with Gasteiger partial charge in [-0.1, -0.05) is 18.2 Å². The first-order chi connectivity index (χ1) is 12.1. The molecule has 0 saturated carbocycles. The van der Waals surface area contributed by atoms with Crippen LogP contribution in [0.3, 0.4) is 0 Å².